The second-order valence-corrected chi connectivity index (χ2v) is 10.3. The molecule has 2 atom stereocenters. The summed E-state index contributed by atoms with van der Waals surface area (Å²) in [5.41, 5.74) is 0.947. The van der Waals surface area contributed by atoms with Crippen LogP contribution in [0.25, 0.3) is 0 Å². The van der Waals surface area contributed by atoms with Gasteiger partial charge in [0.15, 0.2) is 9.84 Å². The van der Waals surface area contributed by atoms with Gasteiger partial charge in [0.2, 0.25) is 0 Å². The Bertz CT molecular complexity index is 1100. The predicted molar refractivity (Wildman–Crippen MR) is 111 cm³/mol. The quantitative estimate of drug-likeness (QED) is 0.351. The minimum Gasteiger partial charge on any atom is -0.489 e. The molecule has 0 bridgehead atoms. The lowest BCUT2D eigenvalue weighted by Gasteiger charge is -2.26. The number of carbonyl (C=O) groups excluding carboxylic acids is 2. The number of rotatable bonds is 7. The maximum absolute atomic E-state index is 13.1. The van der Waals surface area contributed by atoms with Crippen molar-refractivity contribution in [2.75, 3.05) is 5.75 Å². The lowest BCUT2D eigenvalue weighted by Crippen LogP contribution is -2.43. The van der Waals surface area contributed by atoms with Crippen molar-refractivity contribution in [2.45, 2.75) is 36.6 Å². The van der Waals surface area contributed by atoms with E-state index in [0.29, 0.717) is 10.8 Å². The number of hydrogen-bond acceptors (Lipinski definition) is 8. The number of nitrogens with one attached hydrogen (secondary N) is 1. The molecule has 9 nitrogen and oxygen atoms in total. The minimum absolute atomic E-state index is 0.00331. The summed E-state index contributed by atoms with van der Waals surface area (Å²) in [7, 11) is -3.93. The third-order valence-corrected chi connectivity index (χ3v) is 7.82. The van der Waals surface area contributed by atoms with Gasteiger partial charge in [-0.05, 0) is 42.0 Å². The van der Waals surface area contributed by atoms with E-state index in [-0.39, 0.29) is 24.3 Å². The van der Waals surface area contributed by atoms with Crippen molar-refractivity contribution in [1.82, 2.24) is 5.48 Å². The zero-order chi connectivity index (χ0) is 22.9. The molecule has 11 heteroatoms. The molecule has 2 aliphatic rings. The number of hydrogen-bond donors (Lipinski definition) is 2. The van der Waals surface area contributed by atoms with Crippen LogP contribution >= 0.6 is 11.6 Å². The highest BCUT2D eigenvalue weighted by molar-refractivity contribution is 7.91. The smallest absolute Gasteiger partial charge is 0.489 e. The Kier molecular flexibility index (Phi) is 6.02. The summed E-state index contributed by atoms with van der Waals surface area (Å²) in [4.78, 5) is 23.7. The van der Waals surface area contributed by atoms with E-state index in [0.717, 1.165) is 5.56 Å². The summed E-state index contributed by atoms with van der Waals surface area (Å²) in [6.07, 6.45) is -2.47. The number of fused-ring (bicyclic) bond motifs is 1. The topological polar surface area (TPSA) is 128 Å². The van der Waals surface area contributed by atoms with Gasteiger partial charge >= 0.3 is 6.16 Å². The van der Waals surface area contributed by atoms with Gasteiger partial charge in [-0.25, -0.2) is 18.7 Å². The molecule has 1 saturated carbocycles. The normalized spacial score (nSPS) is 24.4. The highest BCUT2D eigenvalue weighted by Crippen LogP contribution is 2.46. The van der Waals surface area contributed by atoms with E-state index in [4.69, 9.17) is 25.8 Å². The third-order valence-electron chi connectivity index (χ3n) is 5.64. The van der Waals surface area contributed by atoms with Gasteiger partial charge in [-0.3, -0.25) is 10.0 Å². The van der Waals surface area contributed by atoms with Crippen LogP contribution in [0, 0.1) is 5.41 Å². The van der Waals surface area contributed by atoms with E-state index in [1.54, 1.807) is 12.1 Å². The van der Waals surface area contributed by atoms with Crippen LogP contribution in [0.1, 0.15) is 18.4 Å². The van der Waals surface area contributed by atoms with Gasteiger partial charge in [-0.2, -0.15) is 0 Å². The molecule has 1 aliphatic carbocycles. The van der Waals surface area contributed by atoms with Crippen LogP contribution < -0.4 is 10.2 Å². The summed E-state index contributed by atoms with van der Waals surface area (Å²) in [6, 6.07) is 13.0. The Morgan fingerprint density at radius 1 is 1.09 bits per heavy atom. The Morgan fingerprint density at radius 3 is 2.25 bits per heavy atom. The van der Waals surface area contributed by atoms with E-state index in [1.165, 1.54) is 29.7 Å². The van der Waals surface area contributed by atoms with Crippen molar-refractivity contribution >= 4 is 33.5 Å². The van der Waals surface area contributed by atoms with Gasteiger partial charge in [0, 0.05) is 17.9 Å². The average molecular weight is 482 g/mol. The molecule has 2 fully saturated rings. The van der Waals surface area contributed by atoms with E-state index >= 15 is 0 Å². The molecule has 2 aromatic carbocycles. The molecule has 1 saturated heterocycles. The first-order chi connectivity index (χ1) is 15.2. The van der Waals surface area contributed by atoms with Gasteiger partial charge in [-0.1, -0.05) is 23.7 Å². The molecule has 1 aliphatic heterocycles. The van der Waals surface area contributed by atoms with E-state index in [1.807, 2.05) is 12.1 Å². The maximum atomic E-state index is 13.1. The number of halogens is 1. The fraction of sp³-hybridized carbons (Fsp3) is 0.333. The van der Waals surface area contributed by atoms with Crippen LogP contribution in [0.4, 0.5) is 4.79 Å². The standard InChI is InChI=1S/C21H20ClNO8S/c22-14-3-1-13(2-4-14)11-29-15-5-7-16(8-6-15)32(27,28)12-21(19(24)23-26)9-17-18(10-21)31-20(25)30-17/h1-8,17-18,26H,9-12H2,(H,23,24). The third kappa shape index (κ3) is 4.52. The fourth-order valence-corrected chi connectivity index (χ4v) is 5.99. The van der Waals surface area contributed by atoms with Crippen molar-refractivity contribution in [3.8, 4) is 5.75 Å². The van der Waals surface area contributed by atoms with Crippen LogP contribution in [0.15, 0.2) is 53.4 Å². The SMILES string of the molecule is O=C1OC2CC(CS(=O)(=O)c3ccc(OCc4ccc(Cl)cc4)cc3)(C(=O)NO)CC2O1. The molecular formula is C21H20ClNO8S. The highest BCUT2D eigenvalue weighted by Gasteiger charge is 2.58. The van der Waals surface area contributed by atoms with Gasteiger partial charge in [0.05, 0.1) is 16.1 Å². The summed E-state index contributed by atoms with van der Waals surface area (Å²) in [5.74, 6) is -0.971. The molecule has 2 unspecified atom stereocenters. The Labute approximate surface area is 189 Å². The average Bonchev–Trinajstić information content (AvgIpc) is 3.27. The van der Waals surface area contributed by atoms with E-state index < -0.39 is 45.3 Å². The Balaban J connectivity index is 1.46. The molecule has 32 heavy (non-hydrogen) atoms. The second-order valence-electron chi connectivity index (χ2n) is 7.84. The Morgan fingerprint density at radius 2 is 1.69 bits per heavy atom. The number of carbonyl (C=O) groups is 2. The molecule has 2 N–H and O–H groups in total. The summed E-state index contributed by atoms with van der Waals surface area (Å²) >= 11 is 5.86. The van der Waals surface area contributed by atoms with Gasteiger partial charge < -0.3 is 14.2 Å². The molecule has 0 radical (unpaired) electrons. The van der Waals surface area contributed by atoms with Crippen LogP contribution in [0.3, 0.4) is 0 Å². The zero-order valence-electron chi connectivity index (χ0n) is 16.7. The predicted octanol–water partition coefficient (Wildman–Crippen LogP) is 2.88. The Hall–Kier alpha value is -2.82. The van der Waals surface area contributed by atoms with Gasteiger partial charge in [0.1, 0.15) is 24.6 Å². The van der Waals surface area contributed by atoms with Crippen molar-refractivity contribution in [3.63, 3.8) is 0 Å². The molecule has 170 valence electrons. The number of ether oxygens (including phenoxy) is 3. The lowest BCUT2D eigenvalue weighted by molar-refractivity contribution is -0.139. The van der Waals surface area contributed by atoms with Gasteiger partial charge in [0.25, 0.3) is 5.91 Å². The van der Waals surface area contributed by atoms with E-state index in [9.17, 15) is 23.2 Å². The zero-order valence-corrected chi connectivity index (χ0v) is 18.3. The van der Waals surface area contributed by atoms with Crippen molar-refractivity contribution < 1.29 is 37.4 Å². The molecule has 0 spiro atoms. The number of amides is 1. The van der Waals surface area contributed by atoms with Crippen molar-refractivity contribution in [1.29, 1.82) is 0 Å². The van der Waals surface area contributed by atoms with E-state index in [2.05, 4.69) is 0 Å². The fourth-order valence-electron chi connectivity index (χ4n) is 4.05. The van der Waals surface area contributed by atoms with Crippen LogP contribution in [-0.2, 0) is 30.7 Å². The minimum atomic E-state index is -3.93. The van der Waals surface area contributed by atoms with Gasteiger partial charge in [-0.15, -0.1) is 0 Å². The molecule has 1 heterocycles. The molecule has 2 aromatic rings. The molecule has 1 amide bonds. The largest absolute Gasteiger partial charge is 0.509 e. The highest BCUT2D eigenvalue weighted by atomic mass is 35.5. The second kappa shape index (κ2) is 8.61. The summed E-state index contributed by atoms with van der Waals surface area (Å²) in [6.45, 7) is 0.282. The molecular weight excluding hydrogens is 462 g/mol. The van der Waals surface area contributed by atoms with Crippen LogP contribution in [-0.4, -0.2) is 43.6 Å². The number of sulfone groups is 1. The molecule has 0 aromatic heterocycles. The summed E-state index contributed by atoms with van der Waals surface area (Å²) in [5, 5.41) is 9.80. The first kappa shape index (κ1) is 22.4. The summed E-state index contributed by atoms with van der Waals surface area (Å²) < 4.78 is 41.8. The van der Waals surface area contributed by atoms with Crippen molar-refractivity contribution in [3.05, 3.63) is 59.1 Å². The van der Waals surface area contributed by atoms with Crippen LogP contribution in [0.2, 0.25) is 5.02 Å². The maximum Gasteiger partial charge on any atom is 0.509 e. The van der Waals surface area contributed by atoms with Crippen molar-refractivity contribution in [2.24, 2.45) is 5.41 Å². The number of hydroxylamine groups is 1. The molecule has 4 rings (SSSR count). The number of benzene rings is 2. The van der Waals surface area contributed by atoms with Crippen LogP contribution in [0.5, 0.6) is 5.75 Å². The first-order valence-electron chi connectivity index (χ1n) is 9.73. The monoisotopic (exact) mass is 481 g/mol. The lowest BCUT2D eigenvalue weighted by atomic mass is 9.87. The first-order valence-corrected chi connectivity index (χ1v) is 11.8.